The number of amides is 1. The lowest BCUT2D eigenvalue weighted by Gasteiger charge is -2.13. The summed E-state index contributed by atoms with van der Waals surface area (Å²) in [6.07, 6.45) is 1.48. The van der Waals surface area contributed by atoms with Gasteiger partial charge in [0.15, 0.2) is 11.5 Å². The van der Waals surface area contributed by atoms with E-state index in [0.29, 0.717) is 31.3 Å². The zero-order valence-corrected chi connectivity index (χ0v) is 19.7. The number of ether oxygens (including phenoxy) is 2. The number of carbonyl (C=O) groups is 1. The van der Waals surface area contributed by atoms with Gasteiger partial charge in [-0.3, -0.25) is 10.1 Å². The van der Waals surface area contributed by atoms with Crippen molar-refractivity contribution in [2.24, 2.45) is 0 Å². The molecule has 3 aromatic rings. The smallest absolute Gasteiger partial charge is 0.412 e. The molecule has 0 bridgehead atoms. The molecule has 0 unspecified atom stereocenters. The number of rotatable bonds is 10. The van der Waals surface area contributed by atoms with Gasteiger partial charge in [0.05, 0.1) is 21.5 Å². The molecule has 0 spiro atoms. The highest BCUT2D eigenvalue weighted by molar-refractivity contribution is 9.10. The number of halogens is 3. The van der Waals surface area contributed by atoms with Crippen LogP contribution in [0.4, 0.5) is 25.0 Å². The van der Waals surface area contributed by atoms with Crippen molar-refractivity contribution in [1.82, 2.24) is 10.3 Å². The number of nitro groups is 1. The van der Waals surface area contributed by atoms with Crippen molar-refractivity contribution in [3.05, 3.63) is 62.8 Å². The molecule has 0 saturated carbocycles. The molecule has 180 valence electrons. The van der Waals surface area contributed by atoms with Crippen LogP contribution in [0.5, 0.6) is 11.5 Å². The molecule has 0 aliphatic carbocycles. The number of carbonyl (C=O) groups excluding carboxylic acids is 1. The number of benzene rings is 2. The predicted molar refractivity (Wildman–Crippen MR) is 125 cm³/mol. The van der Waals surface area contributed by atoms with E-state index < -0.39 is 22.7 Å². The van der Waals surface area contributed by atoms with E-state index in [2.05, 4.69) is 31.5 Å². The summed E-state index contributed by atoms with van der Waals surface area (Å²) in [5.74, 6) is -0.925. The summed E-state index contributed by atoms with van der Waals surface area (Å²) in [6.45, 7) is 2.67. The number of unbranched alkanes of at least 4 members (excludes halogenated alkanes) is 1. The van der Waals surface area contributed by atoms with Gasteiger partial charge in [-0.1, -0.05) is 0 Å². The first-order valence-corrected chi connectivity index (χ1v) is 11.1. The summed E-state index contributed by atoms with van der Waals surface area (Å²) >= 11 is 3.09. The minimum Gasteiger partial charge on any atom is -0.490 e. The fourth-order valence-electron chi connectivity index (χ4n) is 3.08. The second-order valence-corrected chi connectivity index (χ2v) is 7.91. The van der Waals surface area contributed by atoms with Gasteiger partial charge in [-0.15, -0.1) is 0 Å². The van der Waals surface area contributed by atoms with E-state index in [1.54, 1.807) is 6.92 Å². The molecule has 2 N–H and O–H groups in total. The average Bonchev–Trinajstić information content (AvgIpc) is 2.78. The predicted octanol–water partition coefficient (Wildman–Crippen LogP) is 5.56. The third kappa shape index (κ3) is 6.28. The first kappa shape index (κ1) is 25.1. The Morgan fingerprint density at radius 2 is 2.00 bits per heavy atom. The second kappa shape index (κ2) is 11.5. The Morgan fingerprint density at radius 3 is 2.74 bits per heavy atom. The Kier molecular flexibility index (Phi) is 8.52. The minimum absolute atomic E-state index is 0.0410. The van der Waals surface area contributed by atoms with Gasteiger partial charge >= 0.3 is 11.8 Å². The van der Waals surface area contributed by atoms with Gasteiger partial charge in [-0.25, -0.2) is 18.6 Å². The van der Waals surface area contributed by atoms with Gasteiger partial charge in [0.1, 0.15) is 23.5 Å². The lowest BCUT2D eigenvalue weighted by atomic mass is 10.1. The summed E-state index contributed by atoms with van der Waals surface area (Å²) in [6, 6.07) is 6.26. The molecule has 1 amide bonds. The van der Waals surface area contributed by atoms with Crippen LogP contribution in [0.25, 0.3) is 10.9 Å². The Morgan fingerprint density at radius 1 is 1.21 bits per heavy atom. The van der Waals surface area contributed by atoms with Crippen LogP contribution in [-0.4, -0.2) is 35.7 Å². The summed E-state index contributed by atoms with van der Waals surface area (Å²) in [7, 11) is 0. The van der Waals surface area contributed by atoms with E-state index in [4.69, 9.17) is 9.47 Å². The van der Waals surface area contributed by atoms with E-state index in [-0.39, 0.29) is 39.5 Å². The SMILES string of the molecule is CCNC(=O)Oc1cc(F)ccc1OCCCCNc1c([N+](=O)[O-])cnc2cc(F)c(Br)cc12. The van der Waals surface area contributed by atoms with Crippen molar-refractivity contribution in [3.8, 4) is 11.5 Å². The van der Waals surface area contributed by atoms with Gasteiger partial charge in [0.2, 0.25) is 0 Å². The summed E-state index contributed by atoms with van der Waals surface area (Å²) in [4.78, 5) is 26.5. The van der Waals surface area contributed by atoms with Crippen molar-refractivity contribution in [2.45, 2.75) is 19.8 Å². The fraction of sp³-hybridized carbons (Fsp3) is 0.273. The number of hydrogen-bond donors (Lipinski definition) is 2. The molecule has 2 aromatic carbocycles. The molecule has 1 heterocycles. The maximum atomic E-state index is 13.8. The van der Waals surface area contributed by atoms with E-state index in [1.807, 2.05) is 0 Å². The number of pyridine rings is 1. The number of nitrogens with one attached hydrogen (secondary N) is 2. The zero-order chi connectivity index (χ0) is 24.7. The quantitative estimate of drug-likeness (QED) is 0.197. The van der Waals surface area contributed by atoms with E-state index >= 15 is 0 Å². The Bertz CT molecular complexity index is 1210. The van der Waals surface area contributed by atoms with Crippen LogP contribution in [-0.2, 0) is 0 Å². The van der Waals surface area contributed by atoms with Crippen LogP contribution < -0.4 is 20.1 Å². The number of aromatic nitrogens is 1. The Hall–Kier alpha value is -3.54. The molecular weight excluding hydrogens is 518 g/mol. The molecule has 0 saturated heterocycles. The Labute approximate surface area is 201 Å². The molecule has 0 atom stereocenters. The highest BCUT2D eigenvalue weighted by atomic mass is 79.9. The molecule has 0 radical (unpaired) electrons. The number of nitrogens with zero attached hydrogens (tertiary/aromatic N) is 2. The van der Waals surface area contributed by atoms with Crippen molar-refractivity contribution in [2.75, 3.05) is 25.0 Å². The van der Waals surface area contributed by atoms with Gasteiger partial charge in [-0.2, -0.15) is 0 Å². The lowest BCUT2D eigenvalue weighted by Crippen LogP contribution is -2.26. The first-order chi connectivity index (χ1) is 16.3. The summed E-state index contributed by atoms with van der Waals surface area (Å²) < 4.78 is 38.2. The molecule has 0 aliphatic rings. The first-order valence-electron chi connectivity index (χ1n) is 10.3. The van der Waals surface area contributed by atoms with Gasteiger partial charge in [-0.05, 0) is 53.9 Å². The second-order valence-electron chi connectivity index (χ2n) is 7.05. The van der Waals surface area contributed by atoms with Crippen LogP contribution in [0.2, 0.25) is 0 Å². The minimum atomic E-state index is -0.722. The van der Waals surface area contributed by atoms with Crippen LogP contribution in [0.3, 0.4) is 0 Å². The maximum absolute atomic E-state index is 13.8. The standard InChI is InChI=1S/C22H21BrF2N4O5/c1-2-26-22(30)34-20-9-13(24)5-6-19(20)33-8-4-3-7-27-21-14-10-15(23)16(25)11-17(14)28-12-18(21)29(31)32/h5-6,9-12H,2-4,7-8H2,1H3,(H,26,30)(H,27,28). The van der Waals surface area contributed by atoms with Crippen molar-refractivity contribution in [3.63, 3.8) is 0 Å². The van der Waals surface area contributed by atoms with Crippen molar-refractivity contribution >= 4 is 44.3 Å². The van der Waals surface area contributed by atoms with Crippen LogP contribution in [0.1, 0.15) is 19.8 Å². The number of fused-ring (bicyclic) bond motifs is 1. The monoisotopic (exact) mass is 538 g/mol. The highest BCUT2D eigenvalue weighted by Gasteiger charge is 2.19. The molecule has 0 fully saturated rings. The number of anilines is 1. The Balaban J connectivity index is 1.60. The third-order valence-corrected chi connectivity index (χ3v) is 5.25. The molecule has 9 nitrogen and oxygen atoms in total. The number of hydrogen-bond acceptors (Lipinski definition) is 7. The van der Waals surface area contributed by atoms with Gasteiger partial charge in [0, 0.05) is 30.6 Å². The van der Waals surface area contributed by atoms with Crippen molar-refractivity contribution < 1.29 is 28.0 Å². The maximum Gasteiger partial charge on any atom is 0.412 e. The van der Waals surface area contributed by atoms with Crippen molar-refractivity contribution in [1.29, 1.82) is 0 Å². The third-order valence-electron chi connectivity index (χ3n) is 4.65. The lowest BCUT2D eigenvalue weighted by molar-refractivity contribution is -0.384. The van der Waals surface area contributed by atoms with Crippen LogP contribution in [0.15, 0.2) is 41.0 Å². The average molecular weight is 539 g/mol. The van der Waals surface area contributed by atoms with Gasteiger partial charge in [0.25, 0.3) is 0 Å². The largest absolute Gasteiger partial charge is 0.490 e. The van der Waals surface area contributed by atoms with Gasteiger partial charge < -0.3 is 20.1 Å². The molecular formula is C22H21BrF2N4O5. The van der Waals surface area contributed by atoms with E-state index in [1.165, 1.54) is 24.3 Å². The summed E-state index contributed by atoms with van der Waals surface area (Å²) in [5, 5.41) is 17.3. The zero-order valence-electron chi connectivity index (χ0n) is 18.1. The fourth-order valence-corrected chi connectivity index (χ4v) is 3.43. The molecule has 0 aliphatic heterocycles. The molecule has 34 heavy (non-hydrogen) atoms. The summed E-state index contributed by atoms with van der Waals surface area (Å²) in [5.41, 5.74) is 0.307. The van der Waals surface area contributed by atoms with E-state index in [0.717, 1.165) is 12.3 Å². The molecule has 1 aromatic heterocycles. The topological polar surface area (TPSA) is 116 Å². The molecule has 3 rings (SSSR count). The van der Waals surface area contributed by atoms with Crippen LogP contribution in [0, 0.1) is 21.7 Å². The van der Waals surface area contributed by atoms with Crippen LogP contribution >= 0.6 is 15.9 Å². The highest BCUT2D eigenvalue weighted by Crippen LogP contribution is 2.34. The van der Waals surface area contributed by atoms with E-state index in [9.17, 15) is 23.7 Å². The normalized spacial score (nSPS) is 10.7. The molecule has 12 heteroatoms.